The maximum absolute atomic E-state index is 12.0. The standard InChI is InChI=1S/C14H24O3/c1-2-8-16-11-13(15)12-5-9-17-14(10-12)6-3-4-7-14/h12H,2-11H2,1H3. The molecule has 1 heterocycles. The fourth-order valence-corrected chi connectivity index (χ4v) is 3.11. The highest BCUT2D eigenvalue weighted by Crippen LogP contribution is 2.42. The summed E-state index contributed by atoms with van der Waals surface area (Å²) in [4.78, 5) is 12.0. The summed E-state index contributed by atoms with van der Waals surface area (Å²) in [6, 6.07) is 0. The molecule has 1 unspecified atom stereocenters. The number of rotatable bonds is 5. The molecular weight excluding hydrogens is 216 g/mol. The molecule has 17 heavy (non-hydrogen) atoms. The van der Waals surface area contributed by atoms with Gasteiger partial charge in [-0.2, -0.15) is 0 Å². The smallest absolute Gasteiger partial charge is 0.161 e. The zero-order valence-electron chi connectivity index (χ0n) is 10.9. The van der Waals surface area contributed by atoms with Gasteiger partial charge in [0.2, 0.25) is 0 Å². The molecule has 1 aliphatic heterocycles. The van der Waals surface area contributed by atoms with Crippen LogP contribution in [0.4, 0.5) is 0 Å². The van der Waals surface area contributed by atoms with Gasteiger partial charge in [-0.25, -0.2) is 0 Å². The molecule has 0 bridgehead atoms. The Morgan fingerprint density at radius 2 is 2.18 bits per heavy atom. The third-order valence-corrected chi connectivity index (χ3v) is 4.06. The Bertz CT molecular complexity index is 256. The Labute approximate surface area is 104 Å². The summed E-state index contributed by atoms with van der Waals surface area (Å²) in [5.41, 5.74) is 0.0450. The van der Waals surface area contributed by atoms with Crippen LogP contribution in [0.1, 0.15) is 51.9 Å². The van der Waals surface area contributed by atoms with E-state index >= 15 is 0 Å². The molecule has 1 aliphatic carbocycles. The van der Waals surface area contributed by atoms with Crippen LogP contribution in [-0.2, 0) is 14.3 Å². The van der Waals surface area contributed by atoms with Crippen LogP contribution in [-0.4, -0.2) is 31.2 Å². The van der Waals surface area contributed by atoms with E-state index in [1.165, 1.54) is 12.8 Å². The number of carbonyl (C=O) groups is 1. The van der Waals surface area contributed by atoms with Crippen molar-refractivity contribution in [1.29, 1.82) is 0 Å². The van der Waals surface area contributed by atoms with Crippen molar-refractivity contribution in [2.24, 2.45) is 5.92 Å². The van der Waals surface area contributed by atoms with Crippen molar-refractivity contribution >= 4 is 5.78 Å². The highest BCUT2D eigenvalue weighted by atomic mass is 16.5. The third-order valence-electron chi connectivity index (χ3n) is 4.06. The molecule has 98 valence electrons. The van der Waals surface area contributed by atoms with E-state index in [0.717, 1.165) is 38.7 Å². The molecule has 1 saturated heterocycles. The fourth-order valence-electron chi connectivity index (χ4n) is 3.11. The second kappa shape index (κ2) is 5.96. The maximum Gasteiger partial charge on any atom is 0.161 e. The van der Waals surface area contributed by atoms with Crippen molar-refractivity contribution in [1.82, 2.24) is 0 Å². The number of ether oxygens (including phenoxy) is 2. The Morgan fingerprint density at radius 3 is 2.88 bits per heavy atom. The lowest BCUT2D eigenvalue weighted by atomic mass is 9.82. The van der Waals surface area contributed by atoms with Crippen molar-refractivity contribution in [3.63, 3.8) is 0 Å². The van der Waals surface area contributed by atoms with E-state index in [9.17, 15) is 4.79 Å². The average Bonchev–Trinajstić information content (AvgIpc) is 2.77. The van der Waals surface area contributed by atoms with Crippen LogP contribution in [0.3, 0.4) is 0 Å². The SMILES string of the molecule is CCCOCC(=O)C1CCOC2(CCCC2)C1. The molecule has 2 fully saturated rings. The van der Waals surface area contributed by atoms with Crippen molar-refractivity contribution in [3.05, 3.63) is 0 Å². The van der Waals surface area contributed by atoms with E-state index in [-0.39, 0.29) is 17.3 Å². The van der Waals surface area contributed by atoms with Crippen LogP contribution >= 0.6 is 0 Å². The predicted octanol–water partition coefficient (Wildman–Crippen LogP) is 2.72. The van der Waals surface area contributed by atoms with Gasteiger partial charge in [0.1, 0.15) is 6.61 Å². The number of ketones is 1. The minimum absolute atomic E-state index is 0.0450. The summed E-state index contributed by atoms with van der Waals surface area (Å²) in [6.45, 7) is 3.81. The predicted molar refractivity (Wildman–Crippen MR) is 66.0 cm³/mol. The summed E-state index contributed by atoms with van der Waals surface area (Å²) < 4.78 is 11.3. The second-order valence-corrected chi connectivity index (χ2v) is 5.45. The number of Topliss-reactive ketones (excluding diaryl/α,β-unsaturated/α-hetero) is 1. The van der Waals surface area contributed by atoms with Crippen LogP contribution in [0.15, 0.2) is 0 Å². The van der Waals surface area contributed by atoms with Gasteiger partial charge in [0, 0.05) is 19.1 Å². The summed E-state index contributed by atoms with van der Waals surface area (Å²) >= 11 is 0. The lowest BCUT2D eigenvalue weighted by molar-refractivity contribution is -0.140. The molecular formula is C14H24O3. The molecule has 0 radical (unpaired) electrons. The molecule has 0 aromatic carbocycles. The lowest BCUT2D eigenvalue weighted by Crippen LogP contribution is -2.40. The van der Waals surface area contributed by atoms with Gasteiger partial charge in [-0.3, -0.25) is 4.79 Å². The maximum atomic E-state index is 12.0. The van der Waals surface area contributed by atoms with Gasteiger partial charge in [-0.1, -0.05) is 19.8 Å². The van der Waals surface area contributed by atoms with Crippen LogP contribution in [0.5, 0.6) is 0 Å². The highest BCUT2D eigenvalue weighted by molar-refractivity contribution is 5.82. The summed E-state index contributed by atoms with van der Waals surface area (Å²) in [5.74, 6) is 0.465. The molecule has 1 saturated carbocycles. The number of carbonyl (C=O) groups excluding carboxylic acids is 1. The minimum Gasteiger partial charge on any atom is -0.375 e. The molecule has 3 heteroatoms. The van der Waals surface area contributed by atoms with Gasteiger partial charge in [-0.15, -0.1) is 0 Å². The average molecular weight is 240 g/mol. The van der Waals surface area contributed by atoms with Gasteiger partial charge in [-0.05, 0) is 32.1 Å². The molecule has 2 rings (SSSR count). The second-order valence-electron chi connectivity index (χ2n) is 5.45. The Morgan fingerprint density at radius 1 is 1.41 bits per heavy atom. The van der Waals surface area contributed by atoms with Crippen LogP contribution in [0.2, 0.25) is 0 Å². The molecule has 1 spiro atoms. The molecule has 1 atom stereocenters. The topological polar surface area (TPSA) is 35.5 Å². The van der Waals surface area contributed by atoms with E-state index in [1.807, 2.05) is 0 Å². The molecule has 2 aliphatic rings. The van der Waals surface area contributed by atoms with Crippen molar-refractivity contribution in [2.45, 2.75) is 57.5 Å². The number of hydrogen-bond acceptors (Lipinski definition) is 3. The van der Waals surface area contributed by atoms with Gasteiger partial charge in [0.15, 0.2) is 5.78 Å². The van der Waals surface area contributed by atoms with Gasteiger partial charge >= 0.3 is 0 Å². The molecule has 0 N–H and O–H groups in total. The largest absolute Gasteiger partial charge is 0.375 e. The first-order chi connectivity index (χ1) is 8.26. The zero-order chi connectivity index (χ0) is 12.1. The summed E-state index contributed by atoms with van der Waals surface area (Å²) in [7, 11) is 0. The fraction of sp³-hybridized carbons (Fsp3) is 0.929. The van der Waals surface area contributed by atoms with Crippen molar-refractivity contribution in [3.8, 4) is 0 Å². The lowest BCUT2D eigenvalue weighted by Gasteiger charge is -2.37. The molecule has 3 nitrogen and oxygen atoms in total. The minimum atomic E-state index is 0.0450. The monoisotopic (exact) mass is 240 g/mol. The Balaban J connectivity index is 1.82. The van der Waals surface area contributed by atoms with E-state index in [2.05, 4.69) is 6.92 Å². The normalized spacial score (nSPS) is 27.5. The van der Waals surface area contributed by atoms with Gasteiger partial charge in [0.25, 0.3) is 0 Å². The highest BCUT2D eigenvalue weighted by Gasteiger charge is 2.41. The van der Waals surface area contributed by atoms with Gasteiger partial charge in [0.05, 0.1) is 5.60 Å². The van der Waals surface area contributed by atoms with Crippen molar-refractivity contribution in [2.75, 3.05) is 19.8 Å². The molecule has 0 aromatic heterocycles. The first kappa shape index (κ1) is 13.0. The zero-order valence-corrected chi connectivity index (χ0v) is 10.9. The quantitative estimate of drug-likeness (QED) is 0.693. The van der Waals surface area contributed by atoms with Crippen LogP contribution < -0.4 is 0 Å². The van der Waals surface area contributed by atoms with E-state index in [1.54, 1.807) is 0 Å². The summed E-state index contributed by atoms with van der Waals surface area (Å²) in [6.07, 6.45) is 7.60. The van der Waals surface area contributed by atoms with Crippen LogP contribution in [0.25, 0.3) is 0 Å². The van der Waals surface area contributed by atoms with Crippen molar-refractivity contribution < 1.29 is 14.3 Å². The summed E-state index contributed by atoms with van der Waals surface area (Å²) in [5, 5.41) is 0. The van der Waals surface area contributed by atoms with E-state index in [4.69, 9.17) is 9.47 Å². The van der Waals surface area contributed by atoms with E-state index < -0.39 is 0 Å². The first-order valence-electron chi connectivity index (χ1n) is 7.00. The van der Waals surface area contributed by atoms with Crippen LogP contribution in [0, 0.1) is 5.92 Å². The van der Waals surface area contributed by atoms with Gasteiger partial charge < -0.3 is 9.47 Å². The first-order valence-corrected chi connectivity index (χ1v) is 7.00. The third kappa shape index (κ3) is 3.29. The molecule has 0 aromatic rings. The Kier molecular flexibility index (Phi) is 4.57. The van der Waals surface area contributed by atoms with E-state index in [0.29, 0.717) is 13.2 Å². The Hall–Kier alpha value is -0.410. The molecule has 0 amide bonds. The number of hydrogen-bond donors (Lipinski definition) is 0.